The quantitative estimate of drug-likeness (QED) is 0.674. The second kappa shape index (κ2) is 7.85. The summed E-state index contributed by atoms with van der Waals surface area (Å²) < 4.78 is 10.8. The van der Waals surface area contributed by atoms with Gasteiger partial charge >= 0.3 is 0 Å². The minimum absolute atomic E-state index is 0.322. The number of hydrogen-bond donors (Lipinski definition) is 0. The topological polar surface area (TPSA) is 55.8 Å². The van der Waals surface area contributed by atoms with E-state index in [9.17, 15) is 9.59 Å². The van der Waals surface area contributed by atoms with Crippen molar-refractivity contribution in [1.29, 1.82) is 0 Å². The summed E-state index contributed by atoms with van der Waals surface area (Å²) in [7, 11) is 1.51. The van der Waals surface area contributed by atoms with Crippen molar-refractivity contribution in [3.63, 3.8) is 0 Å². The van der Waals surface area contributed by atoms with Crippen LogP contribution >= 0.6 is 23.4 Å². The maximum absolute atomic E-state index is 12.7. The van der Waals surface area contributed by atoms with Gasteiger partial charge in [-0.1, -0.05) is 29.8 Å². The predicted molar refractivity (Wildman–Crippen MR) is 104 cm³/mol. The van der Waals surface area contributed by atoms with Gasteiger partial charge in [0.2, 0.25) is 0 Å². The second-order valence-electron chi connectivity index (χ2n) is 5.32. The minimum Gasteiger partial charge on any atom is -0.491 e. The summed E-state index contributed by atoms with van der Waals surface area (Å²) in [5.74, 6) is 0.551. The highest BCUT2D eigenvalue weighted by molar-refractivity contribution is 8.19. The van der Waals surface area contributed by atoms with Crippen LogP contribution in [0.5, 0.6) is 11.5 Å². The molecule has 1 saturated heterocycles. The molecule has 0 N–H and O–H groups in total. The molecule has 2 aromatic carbocycles. The number of nitrogens with zero attached hydrogens (tertiary/aromatic N) is 1. The van der Waals surface area contributed by atoms with Gasteiger partial charge in [-0.15, -0.1) is 0 Å². The summed E-state index contributed by atoms with van der Waals surface area (Å²) in [6.07, 6.45) is 1.63. The van der Waals surface area contributed by atoms with Gasteiger partial charge in [-0.2, -0.15) is 0 Å². The number of benzene rings is 2. The summed E-state index contributed by atoms with van der Waals surface area (Å²) in [5, 5.41) is 0.0316. The Bertz CT molecular complexity index is 883. The second-order valence-corrected chi connectivity index (χ2v) is 6.72. The van der Waals surface area contributed by atoms with E-state index in [1.54, 1.807) is 42.5 Å². The van der Waals surface area contributed by atoms with Gasteiger partial charge in [-0.05, 0) is 54.6 Å². The van der Waals surface area contributed by atoms with Crippen molar-refractivity contribution >= 4 is 46.3 Å². The lowest BCUT2D eigenvalue weighted by Crippen LogP contribution is -2.27. The van der Waals surface area contributed by atoms with Gasteiger partial charge in [0.05, 0.1) is 29.3 Å². The lowest BCUT2D eigenvalue weighted by Gasteiger charge is -2.12. The molecule has 1 aliphatic rings. The van der Waals surface area contributed by atoms with Gasteiger partial charge in [0.1, 0.15) is 0 Å². The van der Waals surface area contributed by atoms with E-state index in [1.165, 1.54) is 7.11 Å². The third-order valence-corrected chi connectivity index (χ3v) is 4.79. The number of carbonyl (C=O) groups excluding carboxylic acids is 2. The lowest BCUT2D eigenvalue weighted by atomic mass is 10.1. The Morgan fingerprint density at radius 1 is 1.19 bits per heavy atom. The van der Waals surface area contributed by atoms with Gasteiger partial charge in [0.15, 0.2) is 11.5 Å². The zero-order chi connectivity index (χ0) is 18.7. The van der Waals surface area contributed by atoms with Crippen molar-refractivity contribution in [2.24, 2.45) is 0 Å². The van der Waals surface area contributed by atoms with Crippen molar-refractivity contribution < 1.29 is 19.1 Å². The molecule has 1 aliphatic heterocycles. The number of anilines is 1. The van der Waals surface area contributed by atoms with Crippen LogP contribution < -0.4 is 14.4 Å². The molecule has 0 aliphatic carbocycles. The Morgan fingerprint density at radius 2 is 1.92 bits per heavy atom. The third kappa shape index (κ3) is 3.57. The molecule has 0 radical (unpaired) electrons. The smallest absolute Gasteiger partial charge is 0.298 e. The third-order valence-electron chi connectivity index (χ3n) is 3.64. The van der Waals surface area contributed by atoms with Gasteiger partial charge in [0, 0.05) is 0 Å². The van der Waals surface area contributed by atoms with Crippen molar-refractivity contribution in [3.05, 3.63) is 58.0 Å². The van der Waals surface area contributed by atoms with Crippen molar-refractivity contribution in [2.75, 3.05) is 18.6 Å². The number of para-hydroxylation sites is 1. The molecule has 0 bridgehead atoms. The summed E-state index contributed by atoms with van der Waals surface area (Å²) in [6, 6.07) is 12.2. The SMILES string of the molecule is CCOc1cc(/C=C2\SC(=O)N(c3ccccc3)C2=O)cc(Cl)c1OC. The van der Waals surface area contributed by atoms with E-state index in [-0.39, 0.29) is 11.1 Å². The highest BCUT2D eigenvalue weighted by atomic mass is 35.5. The van der Waals surface area contributed by atoms with Crippen molar-refractivity contribution in [2.45, 2.75) is 6.92 Å². The Balaban J connectivity index is 1.96. The summed E-state index contributed by atoms with van der Waals surface area (Å²) in [4.78, 5) is 26.4. The molecular weight excluding hydrogens is 374 g/mol. The highest BCUT2D eigenvalue weighted by Crippen LogP contribution is 2.39. The summed E-state index contributed by atoms with van der Waals surface area (Å²) in [5.41, 5.74) is 1.19. The molecule has 0 saturated carbocycles. The number of rotatable bonds is 5. The van der Waals surface area contributed by atoms with Crippen LogP contribution in [0.2, 0.25) is 5.02 Å². The number of imide groups is 1. The normalized spacial score (nSPS) is 15.7. The number of ether oxygens (including phenoxy) is 2. The molecule has 7 heteroatoms. The number of halogens is 1. The van der Waals surface area contributed by atoms with E-state index in [1.807, 2.05) is 13.0 Å². The van der Waals surface area contributed by atoms with E-state index < -0.39 is 0 Å². The van der Waals surface area contributed by atoms with Crippen LogP contribution in [0, 0.1) is 0 Å². The first-order valence-corrected chi connectivity index (χ1v) is 9.08. The number of methoxy groups -OCH3 is 1. The number of amides is 2. The Hall–Kier alpha value is -2.44. The zero-order valence-electron chi connectivity index (χ0n) is 14.2. The van der Waals surface area contributed by atoms with Crippen molar-refractivity contribution in [3.8, 4) is 11.5 Å². The molecule has 0 aromatic heterocycles. The van der Waals surface area contributed by atoms with Crippen LogP contribution in [0.15, 0.2) is 47.4 Å². The minimum atomic E-state index is -0.365. The maximum atomic E-state index is 12.7. The largest absolute Gasteiger partial charge is 0.491 e. The Kier molecular flexibility index (Phi) is 5.54. The van der Waals surface area contributed by atoms with E-state index in [0.717, 1.165) is 16.7 Å². The summed E-state index contributed by atoms with van der Waals surface area (Å²) in [6.45, 7) is 2.30. The van der Waals surface area contributed by atoms with Gasteiger partial charge < -0.3 is 9.47 Å². The van der Waals surface area contributed by atoms with Crippen LogP contribution in [-0.2, 0) is 4.79 Å². The molecule has 1 heterocycles. The van der Waals surface area contributed by atoms with Crippen LogP contribution in [0.25, 0.3) is 6.08 Å². The lowest BCUT2D eigenvalue weighted by molar-refractivity contribution is -0.113. The Labute approximate surface area is 160 Å². The molecule has 5 nitrogen and oxygen atoms in total. The molecule has 0 atom stereocenters. The monoisotopic (exact) mass is 389 g/mol. The molecular formula is C19H16ClNO4S. The first kappa shape index (κ1) is 18.4. The molecule has 3 rings (SSSR count). The van der Waals surface area contributed by atoms with E-state index in [2.05, 4.69) is 0 Å². The number of hydrogen-bond acceptors (Lipinski definition) is 5. The van der Waals surface area contributed by atoms with Crippen LogP contribution in [0.4, 0.5) is 10.5 Å². The molecule has 0 unspecified atom stereocenters. The van der Waals surface area contributed by atoms with E-state index in [4.69, 9.17) is 21.1 Å². The van der Waals surface area contributed by atoms with Gasteiger partial charge in [-0.25, -0.2) is 4.90 Å². The van der Waals surface area contributed by atoms with Crippen LogP contribution in [0.3, 0.4) is 0 Å². The average Bonchev–Trinajstić information content (AvgIpc) is 2.89. The predicted octanol–water partition coefficient (Wildman–Crippen LogP) is 4.99. The zero-order valence-corrected chi connectivity index (χ0v) is 15.8. The fourth-order valence-electron chi connectivity index (χ4n) is 2.55. The molecule has 1 fully saturated rings. The fraction of sp³-hybridized carbons (Fsp3) is 0.158. The van der Waals surface area contributed by atoms with Gasteiger partial charge in [0.25, 0.3) is 11.1 Å². The molecule has 2 aromatic rings. The average molecular weight is 390 g/mol. The summed E-state index contributed by atoms with van der Waals surface area (Å²) >= 11 is 7.13. The van der Waals surface area contributed by atoms with Gasteiger partial charge in [-0.3, -0.25) is 9.59 Å². The number of thioether (sulfide) groups is 1. The molecule has 26 heavy (non-hydrogen) atoms. The van der Waals surface area contributed by atoms with E-state index in [0.29, 0.717) is 39.3 Å². The van der Waals surface area contributed by atoms with Crippen LogP contribution in [-0.4, -0.2) is 24.9 Å². The Morgan fingerprint density at radius 3 is 2.58 bits per heavy atom. The first-order chi connectivity index (χ1) is 12.5. The van der Waals surface area contributed by atoms with E-state index >= 15 is 0 Å². The molecule has 134 valence electrons. The maximum Gasteiger partial charge on any atom is 0.298 e. The fourth-order valence-corrected chi connectivity index (χ4v) is 3.69. The number of carbonyl (C=O) groups is 2. The highest BCUT2D eigenvalue weighted by Gasteiger charge is 2.36. The van der Waals surface area contributed by atoms with Crippen LogP contribution in [0.1, 0.15) is 12.5 Å². The first-order valence-electron chi connectivity index (χ1n) is 7.88. The molecule has 2 amide bonds. The van der Waals surface area contributed by atoms with Crippen molar-refractivity contribution in [1.82, 2.24) is 0 Å². The standard InChI is InChI=1S/C19H16ClNO4S/c1-3-25-15-10-12(9-14(20)17(15)24-2)11-16-18(22)21(19(23)26-16)13-7-5-4-6-8-13/h4-11H,3H2,1-2H3/b16-11-. The molecule has 0 spiro atoms.